The standard InChI is InChI=1S/C15H17F3N2O4/c16-15(17,18)10-1-2-12(20-5-7-24-8-6-20)11(9-10)19-13(21)3-4-14(22)23/h1-2,9H,3-8H2,(H,19,21)(H,22,23). The zero-order chi connectivity index (χ0) is 17.7. The summed E-state index contributed by atoms with van der Waals surface area (Å²) in [5.74, 6) is -1.80. The number of carbonyl (C=O) groups excluding carboxylic acids is 1. The first-order valence-electron chi connectivity index (χ1n) is 7.33. The number of benzene rings is 1. The molecule has 1 amide bonds. The highest BCUT2D eigenvalue weighted by molar-refractivity contribution is 5.95. The van der Waals surface area contributed by atoms with E-state index in [0.717, 1.165) is 12.1 Å². The highest BCUT2D eigenvalue weighted by Gasteiger charge is 2.31. The molecule has 0 aromatic heterocycles. The molecule has 6 nitrogen and oxygen atoms in total. The van der Waals surface area contributed by atoms with Crippen molar-refractivity contribution < 1.29 is 32.6 Å². The lowest BCUT2D eigenvalue weighted by atomic mass is 10.1. The van der Waals surface area contributed by atoms with Crippen molar-refractivity contribution in [2.45, 2.75) is 19.0 Å². The summed E-state index contributed by atoms with van der Waals surface area (Å²) in [6.45, 7) is 1.85. The van der Waals surface area contributed by atoms with Crippen molar-refractivity contribution in [1.82, 2.24) is 0 Å². The molecule has 24 heavy (non-hydrogen) atoms. The van der Waals surface area contributed by atoms with E-state index in [0.29, 0.717) is 32.0 Å². The molecule has 0 bridgehead atoms. The van der Waals surface area contributed by atoms with Crippen LogP contribution in [0.25, 0.3) is 0 Å². The number of aliphatic carboxylic acids is 1. The first-order valence-corrected chi connectivity index (χ1v) is 7.33. The predicted molar refractivity (Wildman–Crippen MR) is 80.0 cm³/mol. The van der Waals surface area contributed by atoms with Crippen LogP contribution in [-0.2, 0) is 20.5 Å². The van der Waals surface area contributed by atoms with Crippen LogP contribution in [0, 0.1) is 0 Å². The van der Waals surface area contributed by atoms with Crippen LogP contribution in [-0.4, -0.2) is 43.3 Å². The Morgan fingerprint density at radius 2 is 1.88 bits per heavy atom. The van der Waals surface area contributed by atoms with Crippen molar-refractivity contribution in [3.63, 3.8) is 0 Å². The maximum Gasteiger partial charge on any atom is 0.416 e. The molecule has 1 fully saturated rings. The Hall–Kier alpha value is -2.29. The zero-order valence-electron chi connectivity index (χ0n) is 12.7. The van der Waals surface area contributed by atoms with Gasteiger partial charge in [0.25, 0.3) is 0 Å². The fourth-order valence-electron chi connectivity index (χ4n) is 2.33. The quantitative estimate of drug-likeness (QED) is 0.856. The predicted octanol–water partition coefficient (Wildman–Crippen LogP) is 2.35. The van der Waals surface area contributed by atoms with Crippen LogP contribution in [0.4, 0.5) is 24.5 Å². The second kappa shape index (κ2) is 7.52. The summed E-state index contributed by atoms with van der Waals surface area (Å²) in [6.07, 6.45) is -5.24. The molecule has 9 heteroatoms. The smallest absolute Gasteiger partial charge is 0.416 e. The van der Waals surface area contributed by atoms with Gasteiger partial charge in [-0.2, -0.15) is 13.2 Å². The van der Waals surface area contributed by atoms with Gasteiger partial charge in [-0.05, 0) is 18.2 Å². The van der Waals surface area contributed by atoms with Gasteiger partial charge in [0, 0.05) is 19.5 Å². The number of anilines is 2. The number of hydrogen-bond donors (Lipinski definition) is 2. The Bertz CT molecular complexity index is 613. The van der Waals surface area contributed by atoms with E-state index in [1.165, 1.54) is 6.07 Å². The fourth-order valence-corrected chi connectivity index (χ4v) is 2.33. The monoisotopic (exact) mass is 346 g/mol. The van der Waals surface area contributed by atoms with E-state index in [2.05, 4.69) is 5.32 Å². The molecule has 0 atom stereocenters. The Kier molecular flexibility index (Phi) is 5.66. The van der Waals surface area contributed by atoms with Gasteiger partial charge in [0.05, 0.1) is 36.6 Å². The van der Waals surface area contributed by atoms with Crippen LogP contribution in [0.3, 0.4) is 0 Å². The van der Waals surface area contributed by atoms with Crippen LogP contribution < -0.4 is 10.2 Å². The van der Waals surface area contributed by atoms with Gasteiger partial charge < -0.3 is 20.1 Å². The van der Waals surface area contributed by atoms with Gasteiger partial charge in [-0.25, -0.2) is 0 Å². The molecule has 0 unspecified atom stereocenters. The van der Waals surface area contributed by atoms with E-state index >= 15 is 0 Å². The number of nitrogens with one attached hydrogen (secondary N) is 1. The van der Waals surface area contributed by atoms with Crippen LogP contribution in [0.5, 0.6) is 0 Å². The summed E-state index contributed by atoms with van der Waals surface area (Å²) in [4.78, 5) is 24.1. The van der Waals surface area contributed by atoms with Crippen molar-refractivity contribution in [1.29, 1.82) is 0 Å². The van der Waals surface area contributed by atoms with Crippen LogP contribution in [0.15, 0.2) is 18.2 Å². The molecule has 1 aliphatic rings. The number of alkyl halides is 3. The summed E-state index contributed by atoms with van der Waals surface area (Å²) < 4.78 is 43.9. The number of ether oxygens (including phenoxy) is 1. The molecule has 132 valence electrons. The fraction of sp³-hybridized carbons (Fsp3) is 0.467. The van der Waals surface area contributed by atoms with Crippen LogP contribution in [0.1, 0.15) is 18.4 Å². The van der Waals surface area contributed by atoms with Gasteiger partial charge in [-0.15, -0.1) is 0 Å². The summed E-state index contributed by atoms with van der Waals surface area (Å²) in [5, 5.41) is 11.0. The van der Waals surface area contributed by atoms with Gasteiger partial charge in [0.15, 0.2) is 0 Å². The SMILES string of the molecule is O=C(O)CCC(=O)Nc1cc(C(F)(F)F)ccc1N1CCOCC1. The summed E-state index contributed by atoms with van der Waals surface area (Å²) in [7, 11) is 0. The maximum atomic E-state index is 12.9. The largest absolute Gasteiger partial charge is 0.481 e. The molecule has 1 saturated heterocycles. The van der Waals surface area contributed by atoms with Gasteiger partial charge in [-0.3, -0.25) is 9.59 Å². The van der Waals surface area contributed by atoms with Crippen molar-refractivity contribution in [3.8, 4) is 0 Å². The van der Waals surface area contributed by atoms with Gasteiger partial charge in [0.2, 0.25) is 5.91 Å². The zero-order valence-corrected chi connectivity index (χ0v) is 12.7. The van der Waals surface area contributed by atoms with Crippen molar-refractivity contribution in [2.24, 2.45) is 0 Å². The minimum absolute atomic E-state index is 0.0158. The number of morpholine rings is 1. The summed E-state index contributed by atoms with van der Waals surface area (Å²) >= 11 is 0. The second-order valence-corrected chi connectivity index (χ2v) is 5.27. The second-order valence-electron chi connectivity index (χ2n) is 5.27. The molecule has 2 rings (SSSR count). The molecule has 0 radical (unpaired) electrons. The number of amides is 1. The van der Waals surface area contributed by atoms with E-state index in [-0.39, 0.29) is 12.1 Å². The highest BCUT2D eigenvalue weighted by atomic mass is 19.4. The topological polar surface area (TPSA) is 78.9 Å². The van der Waals surface area contributed by atoms with E-state index in [1.807, 2.05) is 4.90 Å². The molecule has 0 spiro atoms. The molecule has 0 aliphatic carbocycles. The number of carboxylic acid groups (broad SMARTS) is 1. The number of hydrogen-bond acceptors (Lipinski definition) is 4. The molecule has 1 heterocycles. The molecule has 2 N–H and O–H groups in total. The van der Waals surface area contributed by atoms with E-state index < -0.39 is 30.0 Å². The Morgan fingerprint density at radius 1 is 1.21 bits per heavy atom. The van der Waals surface area contributed by atoms with Crippen LogP contribution >= 0.6 is 0 Å². The molecule has 1 aromatic rings. The maximum absolute atomic E-state index is 12.9. The number of rotatable bonds is 5. The molecule has 1 aliphatic heterocycles. The van der Waals surface area contributed by atoms with E-state index in [4.69, 9.17) is 9.84 Å². The molecular formula is C15H17F3N2O4. The minimum atomic E-state index is -4.54. The molecule has 1 aromatic carbocycles. The van der Waals surface area contributed by atoms with Crippen molar-refractivity contribution in [3.05, 3.63) is 23.8 Å². The third kappa shape index (κ3) is 4.85. The molecule has 0 saturated carbocycles. The van der Waals surface area contributed by atoms with Crippen molar-refractivity contribution >= 4 is 23.3 Å². The first-order chi connectivity index (χ1) is 11.3. The van der Waals surface area contributed by atoms with Gasteiger partial charge in [0.1, 0.15) is 0 Å². The Labute approximate surface area is 136 Å². The molecular weight excluding hydrogens is 329 g/mol. The minimum Gasteiger partial charge on any atom is -0.481 e. The first kappa shape index (κ1) is 18.1. The number of nitrogens with zero attached hydrogens (tertiary/aromatic N) is 1. The van der Waals surface area contributed by atoms with Crippen LogP contribution in [0.2, 0.25) is 0 Å². The summed E-state index contributed by atoms with van der Waals surface area (Å²) in [6, 6.07) is 3.13. The lowest BCUT2D eigenvalue weighted by Crippen LogP contribution is -2.36. The summed E-state index contributed by atoms with van der Waals surface area (Å²) in [5.41, 5.74) is -0.412. The Balaban J connectivity index is 2.25. The normalized spacial score (nSPS) is 15.2. The third-order valence-electron chi connectivity index (χ3n) is 3.52. The highest BCUT2D eigenvalue weighted by Crippen LogP contribution is 2.35. The lowest BCUT2D eigenvalue weighted by molar-refractivity contribution is -0.138. The lowest BCUT2D eigenvalue weighted by Gasteiger charge is -2.31. The third-order valence-corrected chi connectivity index (χ3v) is 3.52. The number of carboxylic acids is 1. The number of halogens is 3. The Morgan fingerprint density at radius 3 is 2.46 bits per heavy atom. The average Bonchev–Trinajstić information content (AvgIpc) is 2.53. The van der Waals surface area contributed by atoms with Gasteiger partial charge in [-0.1, -0.05) is 0 Å². The number of carbonyl (C=O) groups is 2. The van der Waals surface area contributed by atoms with Crippen molar-refractivity contribution in [2.75, 3.05) is 36.5 Å². The average molecular weight is 346 g/mol. The van der Waals surface area contributed by atoms with E-state index in [1.54, 1.807) is 0 Å². The van der Waals surface area contributed by atoms with Gasteiger partial charge >= 0.3 is 12.1 Å². The van der Waals surface area contributed by atoms with E-state index in [9.17, 15) is 22.8 Å².